The van der Waals surface area contributed by atoms with E-state index >= 15 is 0 Å². The van der Waals surface area contributed by atoms with Crippen LogP contribution in [0.5, 0.6) is 0 Å². The highest BCUT2D eigenvalue weighted by Crippen LogP contribution is 2.18. The number of nitrogens with zero attached hydrogens (tertiary/aromatic N) is 3. The molecule has 23 heavy (non-hydrogen) atoms. The molecular formula is C16H16BrFN4O. The minimum absolute atomic E-state index is 0.0532. The van der Waals surface area contributed by atoms with Gasteiger partial charge in [0, 0.05) is 31.4 Å². The number of benzene rings is 1. The van der Waals surface area contributed by atoms with Crippen LogP contribution in [0.4, 0.5) is 4.39 Å². The second kappa shape index (κ2) is 6.64. The Balaban J connectivity index is 1.73. The van der Waals surface area contributed by atoms with E-state index in [0.29, 0.717) is 24.3 Å². The van der Waals surface area contributed by atoms with E-state index in [1.54, 1.807) is 35.5 Å². The largest absolute Gasteiger partial charge is 0.338 e. The van der Waals surface area contributed by atoms with Crippen molar-refractivity contribution in [1.29, 1.82) is 0 Å². The van der Waals surface area contributed by atoms with Crippen LogP contribution >= 0.6 is 15.9 Å². The van der Waals surface area contributed by atoms with E-state index in [1.165, 1.54) is 16.8 Å². The minimum atomic E-state index is -0.404. The molecule has 1 fully saturated rings. The molecule has 2 heterocycles. The van der Waals surface area contributed by atoms with Crippen LogP contribution < -0.4 is 5.73 Å². The van der Waals surface area contributed by atoms with Crippen molar-refractivity contribution in [3.05, 3.63) is 52.5 Å². The zero-order valence-corrected chi connectivity index (χ0v) is 13.9. The minimum Gasteiger partial charge on any atom is -0.338 e. The summed E-state index contributed by atoms with van der Waals surface area (Å²) in [4.78, 5) is 13.7. The summed E-state index contributed by atoms with van der Waals surface area (Å²) in [5.41, 5.74) is 6.76. The average Bonchev–Trinajstić information content (AvgIpc) is 3.13. The van der Waals surface area contributed by atoms with Gasteiger partial charge in [-0.05, 0) is 46.1 Å². The third kappa shape index (κ3) is 3.68. The van der Waals surface area contributed by atoms with Gasteiger partial charge in [-0.25, -0.2) is 9.07 Å². The summed E-state index contributed by atoms with van der Waals surface area (Å²) in [7, 11) is 0. The van der Waals surface area contributed by atoms with Crippen molar-refractivity contribution in [3.8, 4) is 5.69 Å². The molecule has 1 saturated heterocycles. The summed E-state index contributed by atoms with van der Waals surface area (Å²) < 4.78 is 16.4. The Hall–Kier alpha value is -1.99. The number of halogens is 2. The maximum Gasteiger partial charge on any atom is 0.246 e. The zero-order valence-electron chi connectivity index (χ0n) is 12.3. The number of hydrogen-bond acceptors (Lipinski definition) is 3. The standard InChI is InChI=1S/C16H16BrFN4O/c17-12-8-20-22(9-12)15-3-1-11(7-14(15)18)2-4-16(23)21-6-5-13(19)10-21/h1-4,7-9,13H,5-6,10,19H2/b4-2+. The zero-order chi connectivity index (χ0) is 16.4. The Morgan fingerprint density at radius 3 is 2.91 bits per heavy atom. The van der Waals surface area contributed by atoms with Gasteiger partial charge in [0.2, 0.25) is 5.91 Å². The Morgan fingerprint density at radius 1 is 1.48 bits per heavy atom. The van der Waals surface area contributed by atoms with Gasteiger partial charge in [-0.3, -0.25) is 4.79 Å². The highest BCUT2D eigenvalue weighted by Gasteiger charge is 2.21. The number of nitrogens with two attached hydrogens (primary N) is 1. The van der Waals surface area contributed by atoms with Crippen LogP contribution in [0.1, 0.15) is 12.0 Å². The van der Waals surface area contributed by atoms with Gasteiger partial charge >= 0.3 is 0 Å². The summed E-state index contributed by atoms with van der Waals surface area (Å²) in [6.07, 6.45) is 7.15. The predicted octanol–water partition coefficient (Wildman–Crippen LogP) is 2.35. The summed E-state index contributed by atoms with van der Waals surface area (Å²) in [6, 6.07) is 4.81. The van der Waals surface area contributed by atoms with E-state index in [-0.39, 0.29) is 11.9 Å². The second-order valence-electron chi connectivity index (χ2n) is 5.48. The second-order valence-corrected chi connectivity index (χ2v) is 6.40. The maximum absolute atomic E-state index is 14.2. The lowest BCUT2D eigenvalue weighted by Gasteiger charge is -2.12. The lowest BCUT2D eigenvalue weighted by Crippen LogP contribution is -2.30. The average molecular weight is 379 g/mol. The van der Waals surface area contributed by atoms with Crippen LogP contribution in [0, 0.1) is 5.82 Å². The van der Waals surface area contributed by atoms with E-state index in [1.807, 2.05) is 0 Å². The molecule has 0 bridgehead atoms. The van der Waals surface area contributed by atoms with Gasteiger partial charge in [0.15, 0.2) is 0 Å². The van der Waals surface area contributed by atoms with E-state index in [0.717, 1.165) is 10.9 Å². The van der Waals surface area contributed by atoms with Gasteiger partial charge < -0.3 is 10.6 Å². The van der Waals surface area contributed by atoms with Crippen LogP contribution in [-0.4, -0.2) is 39.7 Å². The third-order valence-electron chi connectivity index (χ3n) is 3.72. The molecule has 1 unspecified atom stereocenters. The lowest BCUT2D eigenvalue weighted by molar-refractivity contribution is -0.124. The normalized spacial score (nSPS) is 18.0. The monoisotopic (exact) mass is 378 g/mol. The Bertz CT molecular complexity index is 758. The fourth-order valence-electron chi connectivity index (χ4n) is 2.51. The summed E-state index contributed by atoms with van der Waals surface area (Å²) in [6.45, 7) is 1.25. The molecule has 1 aromatic carbocycles. The first-order valence-corrected chi connectivity index (χ1v) is 8.05. The van der Waals surface area contributed by atoms with E-state index in [9.17, 15) is 9.18 Å². The Kier molecular flexibility index (Phi) is 4.58. The van der Waals surface area contributed by atoms with Crippen molar-refractivity contribution in [3.63, 3.8) is 0 Å². The molecule has 0 radical (unpaired) electrons. The van der Waals surface area contributed by atoms with Crippen LogP contribution in [0.15, 0.2) is 41.1 Å². The van der Waals surface area contributed by atoms with E-state index in [2.05, 4.69) is 21.0 Å². The molecule has 1 aliphatic heterocycles. The molecule has 120 valence electrons. The number of carbonyl (C=O) groups is 1. The first kappa shape index (κ1) is 15.9. The van der Waals surface area contributed by atoms with Gasteiger partial charge in [0.1, 0.15) is 11.5 Å². The number of hydrogen-bond donors (Lipinski definition) is 1. The van der Waals surface area contributed by atoms with Gasteiger partial charge in [0.25, 0.3) is 0 Å². The Labute approximate surface area is 141 Å². The highest BCUT2D eigenvalue weighted by molar-refractivity contribution is 9.10. The molecule has 7 heteroatoms. The fourth-order valence-corrected chi connectivity index (χ4v) is 2.79. The van der Waals surface area contributed by atoms with Crippen molar-refractivity contribution in [2.24, 2.45) is 5.73 Å². The first-order valence-electron chi connectivity index (χ1n) is 7.25. The quantitative estimate of drug-likeness (QED) is 0.833. The Morgan fingerprint density at radius 2 is 2.30 bits per heavy atom. The molecule has 2 N–H and O–H groups in total. The summed E-state index contributed by atoms with van der Waals surface area (Å²) in [5.74, 6) is -0.503. The SMILES string of the molecule is NC1CCN(C(=O)/C=C/c2ccc(-n3cc(Br)cn3)c(F)c2)C1. The van der Waals surface area contributed by atoms with Crippen molar-refractivity contribution >= 4 is 27.9 Å². The van der Waals surface area contributed by atoms with Gasteiger partial charge in [-0.1, -0.05) is 6.07 Å². The molecule has 0 spiro atoms. The van der Waals surface area contributed by atoms with E-state index in [4.69, 9.17) is 5.73 Å². The lowest BCUT2D eigenvalue weighted by atomic mass is 10.2. The molecule has 5 nitrogen and oxygen atoms in total. The number of rotatable bonds is 3. The van der Waals surface area contributed by atoms with Gasteiger partial charge in [0.05, 0.1) is 10.7 Å². The molecule has 3 rings (SSSR count). The van der Waals surface area contributed by atoms with Gasteiger partial charge in [-0.15, -0.1) is 0 Å². The van der Waals surface area contributed by atoms with Crippen molar-refractivity contribution in [2.45, 2.75) is 12.5 Å². The molecule has 1 amide bonds. The maximum atomic E-state index is 14.2. The van der Waals surface area contributed by atoms with Crippen molar-refractivity contribution in [1.82, 2.24) is 14.7 Å². The number of carbonyl (C=O) groups excluding carboxylic acids is 1. The van der Waals surface area contributed by atoms with E-state index < -0.39 is 5.82 Å². The fraction of sp³-hybridized carbons (Fsp3) is 0.250. The molecule has 1 aromatic heterocycles. The molecule has 1 aliphatic rings. The van der Waals surface area contributed by atoms with Crippen LogP contribution in [0.25, 0.3) is 11.8 Å². The topological polar surface area (TPSA) is 64.2 Å². The molecule has 0 saturated carbocycles. The number of amides is 1. The highest BCUT2D eigenvalue weighted by atomic mass is 79.9. The van der Waals surface area contributed by atoms with Gasteiger partial charge in [-0.2, -0.15) is 5.10 Å². The van der Waals surface area contributed by atoms with Crippen LogP contribution in [0.2, 0.25) is 0 Å². The number of aromatic nitrogens is 2. The smallest absolute Gasteiger partial charge is 0.246 e. The van der Waals surface area contributed by atoms with Crippen molar-refractivity contribution < 1.29 is 9.18 Å². The van der Waals surface area contributed by atoms with Crippen LogP contribution in [0.3, 0.4) is 0 Å². The summed E-state index contributed by atoms with van der Waals surface area (Å²) >= 11 is 3.28. The first-order chi connectivity index (χ1) is 11.0. The molecule has 0 aliphatic carbocycles. The van der Waals surface area contributed by atoms with Crippen molar-refractivity contribution in [2.75, 3.05) is 13.1 Å². The predicted molar refractivity (Wildman–Crippen MR) is 89.4 cm³/mol. The molecule has 2 aromatic rings. The molecule has 1 atom stereocenters. The number of likely N-dealkylation sites (tertiary alicyclic amines) is 1. The summed E-state index contributed by atoms with van der Waals surface area (Å²) in [5, 5.41) is 4.05. The molecular weight excluding hydrogens is 363 g/mol. The third-order valence-corrected chi connectivity index (χ3v) is 4.13. The van der Waals surface area contributed by atoms with Crippen LogP contribution in [-0.2, 0) is 4.79 Å².